The van der Waals surface area contributed by atoms with E-state index in [9.17, 15) is 13.2 Å². The van der Waals surface area contributed by atoms with E-state index in [1.165, 1.54) is 18.2 Å². The minimum atomic E-state index is -3.63. The molecule has 0 aromatic heterocycles. The van der Waals surface area contributed by atoms with Crippen molar-refractivity contribution in [2.75, 3.05) is 26.2 Å². The van der Waals surface area contributed by atoms with Gasteiger partial charge in [0.05, 0.1) is 17.1 Å². The summed E-state index contributed by atoms with van der Waals surface area (Å²) >= 11 is 3.36. The van der Waals surface area contributed by atoms with Gasteiger partial charge in [-0.05, 0) is 86.4 Å². The van der Waals surface area contributed by atoms with Gasteiger partial charge in [0.1, 0.15) is 0 Å². The second kappa shape index (κ2) is 8.59. The maximum absolute atomic E-state index is 13.5. The Morgan fingerprint density at radius 2 is 1.81 bits per heavy atom. The minimum absolute atomic E-state index is 0.0435. The van der Waals surface area contributed by atoms with Gasteiger partial charge in [0.15, 0.2) is 0 Å². The molecule has 0 radical (unpaired) electrons. The lowest BCUT2D eigenvalue weighted by Crippen LogP contribution is -2.48. The Kier molecular flexibility index (Phi) is 6.61. The van der Waals surface area contributed by atoms with E-state index >= 15 is 0 Å². The molecular weight excluding hydrogens is 432 g/mol. The lowest BCUT2D eigenvalue weighted by molar-refractivity contribution is 0.0526. The monoisotopic (exact) mass is 458 g/mol. The van der Waals surface area contributed by atoms with Crippen LogP contribution in [0.2, 0.25) is 0 Å². The zero-order valence-electron chi connectivity index (χ0n) is 15.9. The van der Waals surface area contributed by atoms with E-state index in [2.05, 4.69) is 27.8 Å². The number of nitrogens with zero attached hydrogens (tertiary/aromatic N) is 2. The molecule has 1 saturated carbocycles. The van der Waals surface area contributed by atoms with Gasteiger partial charge in [0.25, 0.3) is 0 Å². The van der Waals surface area contributed by atoms with Crippen LogP contribution >= 0.6 is 15.9 Å². The first-order valence-corrected chi connectivity index (χ1v) is 11.8. The summed E-state index contributed by atoms with van der Waals surface area (Å²) in [5, 5.41) is 0. The fourth-order valence-electron chi connectivity index (χ4n) is 3.67. The molecule has 1 heterocycles. The van der Waals surface area contributed by atoms with Gasteiger partial charge in [-0.3, -0.25) is 0 Å². The third-order valence-electron chi connectivity index (χ3n) is 5.27. The van der Waals surface area contributed by atoms with Crippen molar-refractivity contribution in [1.82, 2.24) is 9.21 Å². The summed E-state index contributed by atoms with van der Waals surface area (Å²) < 4.78 is 34.1. The van der Waals surface area contributed by atoms with E-state index in [1.54, 1.807) is 11.2 Å². The predicted molar refractivity (Wildman–Crippen MR) is 107 cm³/mol. The lowest BCUT2D eigenvalue weighted by atomic mass is 10.1. The number of carbonyl (C=O) groups is 1. The fraction of sp³-hybridized carbons (Fsp3) is 0.632. The summed E-state index contributed by atoms with van der Waals surface area (Å²) in [4.78, 5) is 14.5. The van der Waals surface area contributed by atoms with Crippen molar-refractivity contribution < 1.29 is 17.9 Å². The molecule has 2 aliphatic rings. The molecule has 0 spiro atoms. The minimum Gasteiger partial charge on any atom is -0.462 e. The maximum atomic E-state index is 13.5. The summed E-state index contributed by atoms with van der Waals surface area (Å²) in [6, 6.07) is 4.73. The number of hydrogen-bond acceptors (Lipinski definition) is 5. The molecule has 0 N–H and O–H groups in total. The highest BCUT2D eigenvalue weighted by Gasteiger charge is 2.43. The predicted octanol–water partition coefficient (Wildman–Crippen LogP) is 3.26. The van der Waals surface area contributed by atoms with Crippen molar-refractivity contribution in [1.29, 1.82) is 0 Å². The van der Waals surface area contributed by atoms with Crippen LogP contribution in [-0.4, -0.2) is 61.9 Å². The molecule has 0 bridgehead atoms. The number of piperidine rings is 1. The molecule has 3 rings (SSSR count). The highest BCUT2D eigenvalue weighted by molar-refractivity contribution is 9.10. The first-order chi connectivity index (χ1) is 12.9. The zero-order chi connectivity index (χ0) is 19.6. The van der Waals surface area contributed by atoms with E-state index in [1.807, 2.05) is 0 Å². The number of likely N-dealkylation sites (tertiary alicyclic amines) is 1. The Morgan fingerprint density at radius 1 is 1.19 bits per heavy atom. The highest BCUT2D eigenvalue weighted by atomic mass is 79.9. The molecule has 1 aromatic carbocycles. The van der Waals surface area contributed by atoms with Gasteiger partial charge in [0.2, 0.25) is 10.0 Å². The van der Waals surface area contributed by atoms with E-state index < -0.39 is 16.0 Å². The molecule has 150 valence electrons. The Balaban J connectivity index is 1.86. The van der Waals surface area contributed by atoms with E-state index in [-0.39, 0.29) is 23.6 Å². The number of sulfonamides is 1. The average Bonchev–Trinajstić information content (AvgIpc) is 3.47. The summed E-state index contributed by atoms with van der Waals surface area (Å²) in [7, 11) is -3.63. The molecule has 0 amide bonds. The summed E-state index contributed by atoms with van der Waals surface area (Å²) in [5.41, 5.74) is 0.344. The smallest absolute Gasteiger partial charge is 0.338 e. The third-order valence-corrected chi connectivity index (χ3v) is 8.25. The summed E-state index contributed by atoms with van der Waals surface area (Å²) in [6.45, 7) is 7.03. The molecule has 8 heteroatoms. The second-order valence-electron chi connectivity index (χ2n) is 7.10. The lowest BCUT2D eigenvalue weighted by Gasteiger charge is -2.37. The molecule has 1 aliphatic heterocycles. The number of carbonyl (C=O) groups excluding carboxylic acids is 1. The largest absolute Gasteiger partial charge is 0.462 e. The van der Waals surface area contributed by atoms with Gasteiger partial charge >= 0.3 is 5.97 Å². The van der Waals surface area contributed by atoms with Crippen molar-refractivity contribution in [3.63, 3.8) is 0 Å². The van der Waals surface area contributed by atoms with Crippen LogP contribution in [-0.2, 0) is 14.8 Å². The van der Waals surface area contributed by atoms with Crippen molar-refractivity contribution in [3.05, 3.63) is 28.2 Å². The van der Waals surface area contributed by atoms with Crippen LogP contribution in [0.5, 0.6) is 0 Å². The Labute approximate surface area is 170 Å². The first kappa shape index (κ1) is 20.8. The first-order valence-electron chi connectivity index (χ1n) is 9.61. The average molecular weight is 459 g/mol. The SMILES string of the molecule is CCOC(=O)c1ccc(S(=O)(=O)N(C2CC2)C2CCN(CC)CC2)c(Br)c1. The van der Waals surface area contributed by atoms with Crippen molar-refractivity contribution in [3.8, 4) is 0 Å². The van der Waals surface area contributed by atoms with Crippen molar-refractivity contribution in [2.24, 2.45) is 0 Å². The van der Waals surface area contributed by atoms with Gasteiger partial charge in [-0.1, -0.05) is 6.92 Å². The molecule has 27 heavy (non-hydrogen) atoms. The van der Waals surface area contributed by atoms with Gasteiger partial charge in [-0.2, -0.15) is 4.31 Å². The Hall–Kier alpha value is -0.960. The molecule has 6 nitrogen and oxygen atoms in total. The maximum Gasteiger partial charge on any atom is 0.338 e. The normalized spacial score (nSPS) is 19.4. The second-order valence-corrected chi connectivity index (χ2v) is 9.76. The molecule has 0 unspecified atom stereocenters. The van der Waals surface area contributed by atoms with E-state index in [0.717, 1.165) is 45.3 Å². The number of benzene rings is 1. The number of esters is 1. The molecule has 1 aromatic rings. The van der Waals surface area contributed by atoms with Gasteiger partial charge in [-0.15, -0.1) is 0 Å². The Bertz CT molecular complexity index is 787. The molecular formula is C19H27BrN2O4S. The number of rotatable bonds is 7. The van der Waals surface area contributed by atoms with E-state index in [4.69, 9.17) is 4.74 Å². The molecule has 1 aliphatic carbocycles. The van der Waals surface area contributed by atoms with E-state index in [0.29, 0.717) is 10.0 Å². The van der Waals surface area contributed by atoms with Crippen LogP contribution in [0.4, 0.5) is 0 Å². The summed E-state index contributed by atoms with van der Waals surface area (Å²) in [5.74, 6) is -0.451. The van der Waals surface area contributed by atoms with Crippen molar-refractivity contribution >= 4 is 31.9 Å². The van der Waals surface area contributed by atoms with Crippen molar-refractivity contribution in [2.45, 2.75) is 56.5 Å². The van der Waals surface area contributed by atoms with Crippen LogP contribution in [0.25, 0.3) is 0 Å². The Morgan fingerprint density at radius 3 is 2.33 bits per heavy atom. The van der Waals surface area contributed by atoms with Crippen LogP contribution in [0, 0.1) is 0 Å². The van der Waals surface area contributed by atoms with Crippen LogP contribution in [0.3, 0.4) is 0 Å². The number of hydrogen-bond donors (Lipinski definition) is 0. The molecule has 1 saturated heterocycles. The topological polar surface area (TPSA) is 66.9 Å². The molecule has 0 atom stereocenters. The quantitative estimate of drug-likeness (QED) is 0.586. The zero-order valence-corrected chi connectivity index (χ0v) is 18.3. The number of ether oxygens (including phenoxy) is 1. The summed E-state index contributed by atoms with van der Waals surface area (Å²) in [6.07, 6.45) is 3.57. The van der Waals surface area contributed by atoms with Gasteiger partial charge < -0.3 is 9.64 Å². The number of halogens is 1. The van der Waals surface area contributed by atoms with Crippen LogP contribution < -0.4 is 0 Å². The van der Waals surface area contributed by atoms with Crippen LogP contribution in [0.15, 0.2) is 27.6 Å². The third kappa shape index (κ3) is 4.55. The standard InChI is InChI=1S/C19H27BrN2O4S/c1-3-21-11-9-16(10-12-21)22(15-6-7-15)27(24,25)18-8-5-14(13-17(18)20)19(23)26-4-2/h5,8,13,15-16H,3-4,6-7,9-12H2,1-2H3. The molecule has 2 fully saturated rings. The fourth-order valence-corrected chi connectivity index (χ4v) is 6.65. The van der Waals surface area contributed by atoms with Crippen LogP contribution in [0.1, 0.15) is 49.9 Å². The van der Waals surface area contributed by atoms with Gasteiger partial charge in [0, 0.05) is 16.6 Å². The van der Waals surface area contributed by atoms with Gasteiger partial charge in [-0.25, -0.2) is 13.2 Å². The highest BCUT2D eigenvalue weighted by Crippen LogP contribution is 2.38.